The quantitative estimate of drug-likeness (QED) is 0.0233. The Morgan fingerprint density at radius 3 is 1.14 bits per heavy atom. The van der Waals surface area contributed by atoms with Crippen molar-refractivity contribution >= 4 is 68.9 Å². The number of carboxylic acid groups (broad SMARTS) is 2. The molecule has 2 amide bonds. The van der Waals surface area contributed by atoms with Gasteiger partial charge in [0.25, 0.3) is 24.8 Å². The van der Waals surface area contributed by atoms with E-state index in [1.807, 2.05) is 9.80 Å². The zero-order chi connectivity index (χ0) is 53.8. The Bertz CT molecular complexity index is 2670. The first-order chi connectivity index (χ1) is 33.9. The lowest BCUT2D eigenvalue weighted by Crippen LogP contribution is -2.49. The van der Waals surface area contributed by atoms with Gasteiger partial charge in [0.2, 0.25) is 20.0 Å². The molecule has 5 rings (SSSR count). The number of amides is 2. The van der Waals surface area contributed by atoms with Crippen molar-refractivity contribution in [2.45, 2.75) is 23.6 Å². The van der Waals surface area contributed by atoms with Crippen molar-refractivity contribution in [3.8, 4) is 23.0 Å². The predicted molar refractivity (Wildman–Crippen MR) is 255 cm³/mol. The highest BCUT2D eigenvalue weighted by atomic mass is 32.2. The maximum Gasteiger partial charge on any atom is 0.290 e. The minimum Gasteiger partial charge on any atom is -0.483 e. The molecule has 1 heterocycles. The lowest BCUT2D eigenvalue weighted by molar-refractivity contribution is -0.123. The van der Waals surface area contributed by atoms with Gasteiger partial charge in [-0.15, -0.1) is 0 Å². The van der Waals surface area contributed by atoms with E-state index in [-0.39, 0.29) is 69.6 Å². The van der Waals surface area contributed by atoms with Crippen LogP contribution in [-0.2, 0) is 39.2 Å². The molecule has 1 fully saturated rings. The van der Waals surface area contributed by atoms with Gasteiger partial charge in [0.05, 0.1) is 9.79 Å². The first-order valence-corrected chi connectivity index (χ1v) is 23.7. The van der Waals surface area contributed by atoms with Crippen LogP contribution in [0.1, 0.15) is 25.0 Å². The van der Waals surface area contributed by atoms with Gasteiger partial charge >= 0.3 is 0 Å². The molecular weight excluding hydrogens is 1000 g/mol. The van der Waals surface area contributed by atoms with Gasteiger partial charge in [-0.25, -0.2) is 43.8 Å². The average Bonchev–Trinajstić information content (AvgIpc) is 3.29. The number of nitrogens with zero attached hydrogens (tertiary/aromatic N) is 4. The number of piperazine rings is 1. The summed E-state index contributed by atoms with van der Waals surface area (Å²) in [6.07, 6.45) is 2.38. The molecule has 1 saturated heterocycles. The van der Waals surface area contributed by atoms with Gasteiger partial charge < -0.3 is 42.6 Å². The van der Waals surface area contributed by atoms with Gasteiger partial charge in [0.1, 0.15) is 11.5 Å². The molecule has 28 heteroatoms. The van der Waals surface area contributed by atoms with Crippen LogP contribution in [0.25, 0.3) is 12.2 Å². The Morgan fingerprint density at radius 2 is 0.875 bits per heavy atom. The molecule has 1 aliphatic heterocycles. The number of nitrogens with one attached hydrogen (secondary N) is 2. The SMILES string of the molecule is C/C(=C\c1cc(F)c(Oc2ccc(S(=O)(=O)NCCN3CCN(CCNS(=O)(=O)c4ccc(Oc5c(F)cc(/C=C(\C)C(=O)N=C(N)N)cc5F)cc4)CC3)cc2)c(F)c1)C(=O)N=C(N)N.O=CO.O=CO. The summed E-state index contributed by atoms with van der Waals surface area (Å²) in [5.74, 6) is -8.38. The Morgan fingerprint density at radius 1 is 0.597 bits per heavy atom. The summed E-state index contributed by atoms with van der Waals surface area (Å²) >= 11 is 0. The fourth-order valence-electron chi connectivity index (χ4n) is 6.24. The number of aliphatic imine (C=N–C) groups is 2. The third kappa shape index (κ3) is 18.5. The molecule has 0 unspecified atom stereocenters. The minimum atomic E-state index is -3.96. The number of carbonyl (C=O) groups excluding carboxylic acids is 2. The lowest BCUT2D eigenvalue weighted by atomic mass is 10.1. The van der Waals surface area contributed by atoms with E-state index in [0.29, 0.717) is 39.3 Å². The van der Waals surface area contributed by atoms with Gasteiger partial charge in [0, 0.05) is 63.5 Å². The van der Waals surface area contributed by atoms with Crippen LogP contribution in [0.3, 0.4) is 0 Å². The van der Waals surface area contributed by atoms with Crippen molar-refractivity contribution in [2.24, 2.45) is 32.9 Å². The van der Waals surface area contributed by atoms with E-state index in [2.05, 4.69) is 19.4 Å². The van der Waals surface area contributed by atoms with Crippen LogP contribution in [0.4, 0.5) is 17.6 Å². The van der Waals surface area contributed by atoms with E-state index < -0.39 is 78.5 Å². The van der Waals surface area contributed by atoms with Crippen molar-refractivity contribution in [3.05, 3.63) is 118 Å². The van der Waals surface area contributed by atoms with Crippen molar-refractivity contribution in [1.82, 2.24) is 19.2 Å². The third-order valence-electron chi connectivity index (χ3n) is 9.56. The summed E-state index contributed by atoms with van der Waals surface area (Å²) in [4.78, 5) is 51.2. The van der Waals surface area contributed by atoms with Gasteiger partial charge in [-0.1, -0.05) is 0 Å². The van der Waals surface area contributed by atoms with Gasteiger partial charge in [-0.3, -0.25) is 29.0 Å². The summed E-state index contributed by atoms with van der Waals surface area (Å²) < 4.78 is 127. The molecule has 0 atom stereocenters. The van der Waals surface area contributed by atoms with Gasteiger partial charge in [-0.05, 0) is 110 Å². The maximum absolute atomic E-state index is 14.8. The van der Waals surface area contributed by atoms with Crippen molar-refractivity contribution in [1.29, 1.82) is 0 Å². The van der Waals surface area contributed by atoms with Crippen LogP contribution >= 0.6 is 0 Å². The largest absolute Gasteiger partial charge is 0.483 e. The Hall–Kier alpha value is -7.76. The number of nitrogens with two attached hydrogens (primary N) is 4. The van der Waals surface area contributed by atoms with Crippen LogP contribution in [0.15, 0.2) is 104 Å². The number of rotatable bonds is 18. The summed E-state index contributed by atoms with van der Waals surface area (Å²) in [5.41, 5.74) is 20.8. The highest BCUT2D eigenvalue weighted by Gasteiger charge is 2.22. The standard InChI is InChI=1S/C42H46F4N10O8S2.2CH2O2/c1-25(39(57)53-41(47)48)19-27-21-33(43)37(34(44)22-27)63-29-3-7-31(8-4-29)65(59,60)51-11-13-55-15-17-56(18-16-55)14-12-52-66(61,62)32-9-5-30(6-10-32)64-38-35(45)23-28(24-36(38)46)20-26(2)40(58)54-42(49)50;2*2-1-3/h3-10,19-24,51-52H,11-18H2,1-2H3,(H4,47,48,53,57)(H4,49,50,54,58);2*1H,(H,2,3)/b25-19+,26-20+;;. The normalized spacial score (nSPS) is 13.2. The number of carbonyl (C=O) groups is 4. The summed E-state index contributed by atoms with van der Waals surface area (Å²) in [6.45, 7) is 5.50. The van der Waals surface area contributed by atoms with E-state index >= 15 is 0 Å². The van der Waals surface area contributed by atoms with Crippen molar-refractivity contribution in [3.63, 3.8) is 0 Å². The molecule has 12 N–H and O–H groups in total. The Labute approximate surface area is 410 Å². The second-order valence-electron chi connectivity index (χ2n) is 14.8. The summed E-state index contributed by atoms with van der Waals surface area (Å²) in [6, 6.07) is 13.6. The van der Waals surface area contributed by atoms with Gasteiger partial charge in [0.15, 0.2) is 46.7 Å². The molecule has 0 saturated carbocycles. The number of hydrogen-bond acceptors (Lipinski definition) is 12. The molecule has 0 aromatic heterocycles. The molecule has 4 aromatic rings. The minimum absolute atomic E-state index is 0.00699. The highest BCUT2D eigenvalue weighted by molar-refractivity contribution is 7.89. The molecule has 22 nitrogen and oxygen atoms in total. The zero-order valence-corrected chi connectivity index (χ0v) is 39.9. The number of sulfonamides is 2. The van der Waals surface area contributed by atoms with Crippen LogP contribution < -0.4 is 41.9 Å². The number of hydrogen-bond donors (Lipinski definition) is 8. The van der Waals surface area contributed by atoms with E-state index in [0.717, 1.165) is 24.3 Å². The molecular formula is C44H50F4N10O12S2. The van der Waals surface area contributed by atoms with Crippen LogP contribution in [0.5, 0.6) is 23.0 Å². The van der Waals surface area contributed by atoms with E-state index in [4.69, 9.17) is 52.2 Å². The molecule has 72 heavy (non-hydrogen) atoms. The predicted octanol–water partition coefficient (Wildman–Crippen LogP) is 2.51. The van der Waals surface area contributed by atoms with Crippen LogP contribution in [-0.4, -0.2) is 126 Å². The number of ether oxygens (including phenoxy) is 2. The Balaban J connectivity index is 0.00000217. The number of guanidine groups is 2. The smallest absolute Gasteiger partial charge is 0.290 e. The fraction of sp³-hybridized carbons (Fsp3) is 0.227. The second-order valence-corrected chi connectivity index (χ2v) is 18.3. The Kier molecular flexibility index (Phi) is 22.4. The fourth-order valence-corrected chi connectivity index (χ4v) is 8.29. The first-order valence-electron chi connectivity index (χ1n) is 20.7. The number of halogens is 4. The van der Waals surface area contributed by atoms with E-state index in [9.17, 15) is 44.0 Å². The lowest BCUT2D eigenvalue weighted by Gasteiger charge is -2.34. The molecule has 0 bridgehead atoms. The first kappa shape index (κ1) is 58.6. The summed E-state index contributed by atoms with van der Waals surface area (Å²) in [7, 11) is -7.92. The van der Waals surface area contributed by atoms with Crippen molar-refractivity contribution < 1.29 is 73.3 Å². The average molecular weight is 1050 g/mol. The van der Waals surface area contributed by atoms with E-state index in [1.165, 1.54) is 74.5 Å². The second kappa shape index (κ2) is 27.6. The summed E-state index contributed by atoms with van der Waals surface area (Å²) in [5, 5.41) is 13.8. The number of benzene rings is 4. The van der Waals surface area contributed by atoms with Crippen LogP contribution in [0, 0.1) is 23.3 Å². The molecule has 4 aromatic carbocycles. The molecule has 0 radical (unpaired) electrons. The maximum atomic E-state index is 14.8. The monoisotopic (exact) mass is 1050 g/mol. The zero-order valence-electron chi connectivity index (χ0n) is 38.3. The molecule has 388 valence electrons. The van der Waals surface area contributed by atoms with Crippen LogP contribution in [0.2, 0.25) is 0 Å². The molecule has 0 spiro atoms. The highest BCUT2D eigenvalue weighted by Crippen LogP contribution is 2.32. The molecule has 0 aliphatic carbocycles. The van der Waals surface area contributed by atoms with Crippen molar-refractivity contribution in [2.75, 3.05) is 52.4 Å². The molecule has 1 aliphatic rings. The van der Waals surface area contributed by atoms with Gasteiger partial charge in [-0.2, -0.15) is 9.98 Å². The van der Waals surface area contributed by atoms with E-state index in [1.54, 1.807) is 0 Å². The topological polar surface area (TPSA) is 355 Å². The third-order valence-corrected chi connectivity index (χ3v) is 12.5.